The van der Waals surface area contributed by atoms with Crippen molar-refractivity contribution < 1.29 is 13.9 Å². The number of ether oxygens (including phenoxy) is 1. The molecule has 24 heavy (non-hydrogen) atoms. The lowest BCUT2D eigenvalue weighted by Crippen LogP contribution is -2.32. The quantitative estimate of drug-likeness (QED) is 0.767. The molecule has 1 aromatic carbocycles. The van der Waals surface area contributed by atoms with Crippen molar-refractivity contribution in [1.82, 2.24) is 14.9 Å². The fourth-order valence-electron chi connectivity index (χ4n) is 2.10. The van der Waals surface area contributed by atoms with Crippen LogP contribution < -0.4 is 10.3 Å². The molecule has 0 radical (unpaired) electrons. The maximum atomic E-state index is 12.8. The Morgan fingerprint density at radius 3 is 2.83 bits per heavy atom. The zero-order valence-corrected chi connectivity index (χ0v) is 13.6. The molecule has 1 N–H and O–H groups in total. The molecule has 6 nitrogen and oxygen atoms in total. The highest BCUT2D eigenvalue weighted by molar-refractivity contribution is 7.17. The average Bonchev–Trinajstić information content (AvgIpc) is 3.03. The third-order valence-corrected chi connectivity index (χ3v) is 4.25. The number of amides is 1. The second-order valence-corrected chi connectivity index (χ2v) is 6.06. The molecule has 1 amide bonds. The van der Waals surface area contributed by atoms with Crippen molar-refractivity contribution in [1.29, 1.82) is 0 Å². The summed E-state index contributed by atoms with van der Waals surface area (Å²) in [5.74, 6) is 0.157. The van der Waals surface area contributed by atoms with E-state index in [9.17, 15) is 14.0 Å². The minimum absolute atomic E-state index is 0.159. The second kappa shape index (κ2) is 6.79. The molecule has 3 aromatic rings. The lowest BCUT2D eigenvalue weighted by molar-refractivity contribution is -0.132. The van der Waals surface area contributed by atoms with Gasteiger partial charge in [-0.2, -0.15) is 0 Å². The summed E-state index contributed by atoms with van der Waals surface area (Å²) in [5.41, 5.74) is 0.399. The number of fused-ring (bicyclic) bond motifs is 1. The molecule has 0 atom stereocenters. The van der Waals surface area contributed by atoms with E-state index in [0.29, 0.717) is 21.8 Å². The van der Waals surface area contributed by atoms with Crippen molar-refractivity contribution >= 4 is 27.5 Å². The van der Waals surface area contributed by atoms with Gasteiger partial charge in [-0.25, -0.2) is 9.37 Å². The molecule has 2 aromatic heterocycles. The molecule has 124 valence electrons. The number of nitrogens with zero attached hydrogens (tertiary/aromatic N) is 2. The first kappa shape index (κ1) is 16.1. The number of aromatic amines is 1. The van der Waals surface area contributed by atoms with Crippen molar-refractivity contribution in [2.75, 3.05) is 13.7 Å². The molecule has 8 heteroatoms. The Balaban J connectivity index is 1.62. The minimum atomic E-state index is -0.371. The first-order chi connectivity index (χ1) is 11.5. The van der Waals surface area contributed by atoms with E-state index in [0.717, 1.165) is 0 Å². The summed E-state index contributed by atoms with van der Waals surface area (Å²) in [7, 11) is 1.59. The zero-order valence-electron chi connectivity index (χ0n) is 12.8. The Kier molecular flexibility index (Phi) is 4.57. The van der Waals surface area contributed by atoms with E-state index in [1.807, 2.05) is 0 Å². The van der Waals surface area contributed by atoms with E-state index in [1.165, 1.54) is 40.5 Å². The van der Waals surface area contributed by atoms with Gasteiger partial charge in [-0.1, -0.05) is 0 Å². The fraction of sp³-hybridized carbons (Fsp3) is 0.188. The van der Waals surface area contributed by atoms with Gasteiger partial charge in [-0.3, -0.25) is 9.59 Å². The molecule has 0 saturated carbocycles. The molecule has 0 saturated heterocycles. The summed E-state index contributed by atoms with van der Waals surface area (Å²) in [4.78, 5) is 32.4. The highest BCUT2D eigenvalue weighted by Crippen LogP contribution is 2.14. The number of benzene rings is 1. The number of hydrogen-bond donors (Lipinski definition) is 1. The standard InChI is InChI=1S/C16H14FN3O3S/c1-20(14(21)9-23-11-4-2-10(17)3-5-11)8-13-18-12-6-7-24-15(12)16(22)19-13/h2-7H,8-9H2,1H3,(H,18,19,22). The average molecular weight is 347 g/mol. The second-order valence-electron chi connectivity index (χ2n) is 5.14. The Labute approximate surface area is 140 Å². The van der Waals surface area contributed by atoms with Crippen LogP contribution in [-0.4, -0.2) is 34.4 Å². The molecule has 0 fully saturated rings. The predicted octanol–water partition coefficient (Wildman–Crippen LogP) is 2.16. The van der Waals surface area contributed by atoms with Crippen LogP contribution in [0.4, 0.5) is 4.39 Å². The first-order valence-corrected chi connectivity index (χ1v) is 7.99. The number of H-pyrrole nitrogens is 1. The Bertz CT molecular complexity index is 920. The van der Waals surface area contributed by atoms with E-state index < -0.39 is 0 Å². The van der Waals surface area contributed by atoms with Gasteiger partial charge in [0.25, 0.3) is 11.5 Å². The van der Waals surface area contributed by atoms with E-state index in [2.05, 4.69) is 9.97 Å². The topological polar surface area (TPSA) is 75.3 Å². The summed E-state index contributed by atoms with van der Waals surface area (Å²) >= 11 is 1.32. The molecule has 0 spiro atoms. The monoisotopic (exact) mass is 347 g/mol. The molecule has 0 aliphatic heterocycles. The molecule has 2 heterocycles. The highest BCUT2D eigenvalue weighted by atomic mass is 32.1. The van der Waals surface area contributed by atoms with Gasteiger partial charge in [0.2, 0.25) is 0 Å². The van der Waals surface area contributed by atoms with Crippen LogP contribution in [-0.2, 0) is 11.3 Å². The van der Waals surface area contributed by atoms with E-state index in [1.54, 1.807) is 18.5 Å². The van der Waals surface area contributed by atoms with Crippen molar-refractivity contribution in [2.45, 2.75) is 6.54 Å². The Morgan fingerprint density at radius 2 is 2.08 bits per heavy atom. The van der Waals surface area contributed by atoms with Crippen LogP contribution in [0.2, 0.25) is 0 Å². The SMILES string of the molecule is CN(Cc1nc2ccsc2c(=O)[nH]1)C(=O)COc1ccc(F)cc1. The molecular formula is C16H14FN3O3S. The predicted molar refractivity (Wildman–Crippen MR) is 88.6 cm³/mol. The Morgan fingerprint density at radius 1 is 1.33 bits per heavy atom. The molecular weight excluding hydrogens is 333 g/mol. The van der Waals surface area contributed by atoms with Crippen LogP contribution in [0, 0.1) is 5.82 Å². The minimum Gasteiger partial charge on any atom is -0.484 e. The van der Waals surface area contributed by atoms with Gasteiger partial charge >= 0.3 is 0 Å². The van der Waals surface area contributed by atoms with Gasteiger partial charge in [-0.15, -0.1) is 11.3 Å². The van der Waals surface area contributed by atoms with Crippen molar-refractivity contribution in [2.24, 2.45) is 0 Å². The van der Waals surface area contributed by atoms with Gasteiger partial charge in [-0.05, 0) is 35.7 Å². The number of hydrogen-bond acceptors (Lipinski definition) is 5. The van der Waals surface area contributed by atoms with Gasteiger partial charge in [0, 0.05) is 7.05 Å². The first-order valence-electron chi connectivity index (χ1n) is 7.11. The van der Waals surface area contributed by atoms with Crippen LogP contribution in [0.3, 0.4) is 0 Å². The highest BCUT2D eigenvalue weighted by Gasteiger charge is 2.13. The molecule has 0 unspecified atom stereocenters. The van der Waals surface area contributed by atoms with E-state index in [4.69, 9.17) is 4.74 Å². The number of carbonyl (C=O) groups excluding carboxylic acids is 1. The molecule has 0 aliphatic rings. The van der Waals surface area contributed by atoms with Gasteiger partial charge in [0.05, 0.1) is 12.1 Å². The van der Waals surface area contributed by atoms with Crippen LogP contribution >= 0.6 is 11.3 Å². The fourth-order valence-corrected chi connectivity index (χ4v) is 2.82. The smallest absolute Gasteiger partial charge is 0.268 e. The molecule has 3 rings (SSSR count). The summed E-state index contributed by atoms with van der Waals surface area (Å²) in [6, 6.07) is 7.18. The van der Waals surface area contributed by atoms with Crippen molar-refractivity contribution in [3.63, 3.8) is 0 Å². The van der Waals surface area contributed by atoms with Gasteiger partial charge < -0.3 is 14.6 Å². The lowest BCUT2D eigenvalue weighted by Gasteiger charge is -2.16. The van der Waals surface area contributed by atoms with Crippen molar-refractivity contribution in [3.8, 4) is 5.75 Å². The zero-order chi connectivity index (χ0) is 17.1. The largest absolute Gasteiger partial charge is 0.484 e. The summed E-state index contributed by atoms with van der Waals surface area (Å²) in [6.45, 7) is -0.0281. The number of likely N-dealkylation sites (N-methyl/N-ethyl adjacent to an activating group) is 1. The summed E-state index contributed by atoms with van der Waals surface area (Å²) in [6.07, 6.45) is 0. The number of rotatable bonds is 5. The van der Waals surface area contributed by atoms with E-state index >= 15 is 0 Å². The number of nitrogens with one attached hydrogen (secondary N) is 1. The summed E-state index contributed by atoms with van der Waals surface area (Å²) < 4.78 is 18.7. The van der Waals surface area contributed by atoms with Crippen LogP contribution in [0.15, 0.2) is 40.5 Å². The number of halogens is 1. The Hall–Kier alpha value is -2.74. The number of aromatic nitrogens is 2. The lowest BCUT2D eigenvalue weighted by atomic mass is 10.3. The van der Waals surface area contributed by atoms with Crippen LogP contribution in [0.25, 0.3) is 10.2 Å². The molecule has 0 aliphatic carbocycles. The maximum Gasteiger partial charge on any atom is 0.268 e. The normalized spacial score (nSPS) is 10.8. The number of thiophene rings is 1. The van der Waals surface area contributed by atoms with E-state index in [-0.39, 0.29) is 30.4 Å². The van der Waals surface area contributed by atoms with Gasteiger partial charge in [0.15, 0.2) is 6.61 Å². The maximum absolute atomic E-state index is 12.8. The van der Waals surface area contributed by atoms with Crippen LogP contribution in [0.5, 0.6) is 5.75 Å². The number of carbonyl (C=O) groups is 1. The third kappa shape index (κ3) is 3.60. The van der Waals surface area contributed by atoms with Crippen molar-refractivity contribution in [3.05, 3.63) is 57.7 Å². The summed E-state index contributed by atoms with van der Waals surface area (Å²) in [5, 5.41) is 1.79. The molecule has 0 bridgehead atoms. The van der Waals surface area contributed by atoms with Crippen LogP contribution in [0.1, 0.15) is 5.82 Å². The van der Waals surface area contributed by atoms with Gasteiger partial charge in [0.1, 0.15) is 22.1 Å². The third-order valence-electron chi connectivity index (χ3n) is 3.35.